The Morgan fingerprint density at radius 2 is 2.00 bits per heavy atom. The second-order valence-corrected chi connectivity index (χ2v) is 8.26. The number of hydrogen-bond acceptors (Lipinski definition) is 6. The Kier molecular flexibility index (Phi) is 5.34. The number of nitrogens with zero attached hydrogens (tertiary/aromatic N) is 3. The zero-order chi connectivity index (χ0) is 22.1. The van der Waals surface area contributed by atoms with Crippen LogP contribution in [0.1, 0.15) is 37.5 Å². The quantitative estimate of drug-likeness (QED) is 0.632. The molecule has 2 fully saturated rings. The van der Waals surface area contributed by atoms with Crippen molar-refractivity contribution in [1.82, 2.24) is 10.1 Å². The highest BCUT2D eigenvalue weighted by atomic mass is 16.5. The molecule has 1 atom stereocenters. The lowest BCUT2D eigenvalue weighted by Gasteiger charge is -2.20. The molecule has 3 aromatic rings. The van der Waals surface area contributed by atoms with E-state index >= 15 is 0 Å². The molecule has 8 heteroatoms. The van der Waals surface area contributed by atoms with Gasteiger partial charge >= 0.3 is 0 Å². The Morgan fingerprint density at radius 1 is 1.19 bits per heavy atom. The topological polar surface area (TPSA) is 97.6 Å². The average molecular weight is 432 g/mol. The summed E-state index contributed by atoms with van der Waals surface area (Å²) >= 11 is 0. The van der Waals surface area contributed by atoms with Gasteiger partial charge in [0.1, 0.15) is 5.75 Å². The molecule has 0 radical (unpaired) electrons. The summed E-state index contributed by atoms with van der Waals surface area (Å²) < 4.78 is 10.6. The minimum absolute atomic E-state index is 0.0831. The van der Waals surface area contributed by atoms with E-state index < -0.39 is 5.92 Å². The maximum atomic E-state index is 12.7. The van der Waals surface area contributed by atoms with Gasteiger partial charge in [0.05, 0.1) is 13.0 Å². The van der Waals surface area contributed by atoms with Gasteiger partial charge in [0.2, 0.25) is 23.5 Å². The summed E-state index contributed by atoms with van der Waals surface area (Å²) in [6.07, 6.45) is 3.54. The number of rotatable bonds is 6. The lowest BCUT2D eigenvalue weighted by Crippen LogP contribution is -2.28. The van der Waals surface area contributed by atoms with Crippen LogP contribution in [0.4, 0.5) is 11.4 Å². The molecule has 32 heavy (non-hydrogen) atoms. The van der Waals surface area contributed by atoms with Gasteiger partial charge in [0.15, 0.2) is 0 Å². The van der Waals surface area contributed by atoms with Crippen molar-refractivity contribution in [3.8, 4) is 17.1 Å². The van der Waals surface area contributed by atoms with Crippen LogP contribution in [0.15, 0.2) is 53.1 Å². The second-order valence-electron chi connectivity index (χ2n) is 8.26. The van der Waals surface area contributed by atoms with Crippen molar-refractivity contribution in [2.24, 2.45) is 5.92 Å². The summed E-state index contributed by atoms with van der Waals surface area (Å²) in [5.41, 5.74) is 2.18. The number of aromatic nitrogens is 2. The maximum absolute atomic E-state index is 12.7. The molecule has 1 aliphatic heterocycles. The fraction of sp³-hybridized carbons (Fsp3) is 0.333. The highest BCUT2D eigenvalue weighted by Crippen LogP contribution is 2.36. The first-order chi connectivity index (χ1) is 15.6. The standard InChI is InChI=1S/C24H24N4O4/c1-31-20-10-8-18(9-11-20)25-23(30)17-13-21(29)28(14-17)19-7-3-6-16(12-19)22-26-24(32-27-22)15-4-2-5-15/h3,6-12,15,17H,2,4-5,13-14H2,1H3,(H,25,30). The fourth-order valence-corrected chi connectivity index (χ4v) is 4.04. The number of amides is 2. The fourth-order valence-electron chi connectivity index (χ4n) is 4.04. The van der Waals surface area contributed by atoms with Crippen LogP contribution in [0.25, 0.3) is 11.4 Å². The molecule has 1 aromatic heterocycles. The van der Waals surface area contributed by atoms with Crippen molar-refractivity contribution in [2.45, 2.75) is 31.6 Å². The van der Waals surface area contributed by atoms with Gasteiger partial charge in [-0.15, -0.1) is 0 Å². The van der Waals surface area contributed by atoms with Crippen LogP contribution in [0.2, 0.25) is 0 Å². The van der Waals surface area contributed by atoms with E-state index in [-0.39, 0.29) is 18.2 Å². The van der Waals surface area contributed by atoms with Crippen LogP contribution in [-0.2, 0) is 9.59 Å². The molecule has 0 spiro atoms. The van der Waals surface area contributed by atoms with Crippen LogP contribution in [0, 0.1) is 5.92 Å². The summed E-state index contributed by atoms with van der Waals surface area (Å²) in [6.45, 7) is 0.323. The summed E-state index contributed by atoms with van der Waals surface area (Å²) in [4.78, 5) is 31.6. The lowest BCUT2D eigenvalue weighted by atomic mass is 9.85. The first-order valence-electron chi connectivity index (χ1n) is 10.8. The molecule has 1 aliphatic carbocycles. The Labute approximate surface area is 185 Å². The summed E-state index contributed by atoms with van der Waals surface area (Å²) in [7, 11) is 1.59. The minimum Gasteiger partial charge on any atom is -0.497 e. The number of hydrogen-bond donors (Lipinski definition) is 1. The Balaban J connectivity index is 1.28. The summed E-state index contributed by atoms with van der Waals surface area (Å²) in [6, 6.07) is 14.6. The van der Waals surface area contributed by atoms with E-state index in [1.165, 1.54) is 6.42 Å². The van der Waals surface area contributed by atoms with Crippen molar-refractivity contribution in [2.75, 3.05) is 23.9 Å². The van der Waals surface area contributed by atoms with Gasteiger partial charge in [0, 0.05) is 35.8 Å². The number of carbonyl (C=O) groups excluding carboxylic acids is 2. The van der Waals surface area contributed by atoms with Gasteiger partial charge in [-0.1, -0.05) is 23.7 Å². The third-order valence-electron chi connectivity index (χ3n) is 6.17. The van der Waals surface area contributed by atoms with Crippen molar-refractivity contribution in [3.63, 3.8) is 0 Å². The number of methoxy groups -OCH3 is 1. The molecule has 2 aromatic carbocycles. The molecule has 5 rings (SSSR count). The first-order valence-corrected chi connectivity index (χ1v) is 10.8. The van der Waals surface area contributed by atoms with E-state index in [4.69, 9.17) is 9.26 Å². The zero-order valence-corrected chi connectivity index (χ0v) is 17.8. The van der Waals surface area contributed by atoms with Gasteiger partial charge in [-0.3, -0.25) is 9.59 Å². The van der Waals surface area contributed by atoms with E-state index in [1.54, 1.807) is 36.3 Å². The van der Waals surface area contributed by atoms with Gasteiger partial charge in [-0.25, -0.2) is 0 Å². The Morgan fingerprint density at radius 3 is 2.72 bits per heavy atom. The molecule has 0 bridgehead atoms. The zero-order valence-electron chi connectivity index (χ0n) is 17.8. The van der Waals surface area contributed by atoms with Crippen LogP contribution in [-0.4, -0.2) is 35.6 Å². The third-order valence-corrected chi connectivity index (χ3v) is 6.17. The Hall–Kier alpha value is -3.68. The predicted octanol–water partition coefficient (Wildman–Crippen LogP) is 4.00. The molecule has 1 N–H and O–H groups in total. The van der Waals surface area contributed by atoms with E-state index in [1.807, 2.05) is 24.3 Å². The molecule has 2 heterocycles. The molecular weight excluding hydrogens is 408 g/mol. The minimum atomic E-state index is -0.427. The Bertz CT molecular complexity index is 1140. The van der Waals surface area contributed by atoms with E-state index in [0.29, 0.717) is 35.6 Å². The second kappa shape index (κ2) is 8.45. The highest BCUT2D eigenvalue weighted by Gasteiger charge is 2.35. The monoisotopic (exact) mass is 432 g/mol. The smallest absolute Gasteiger partial charge is 0.230 e. The van der Waals surface area contributed by atoms with E-state index in [0.717, 1.165) is 24.1 Å². The van der Waals surface area contributed by atoms with E-state index in [2.05, 4.69) is 15.5 Å². The molecule has 1 unspecified atom stereocenters. The normalized spacial score (nSPS) is 18.5. The van der Waals surface area contributed by atoms with Crippen LogP contribution in [0.5, 0.6) is 5.75 Å². The van der Waals surface area contributed by atoms with Gasteiger partial charge in [0.25, 0.3) is 0 Å². The molecule has 1 saturated carbocycles. The van der Waals surface area contributed by atoms with Crippen LogP contribution in [0.3, 0.4) is 0 Å². The maximum Gasteiger partial charge on any atom is 0.230 e. The molecule has 2 amide bonds. The number of benzene rings is 2. The SMILES string of the molecule is COc1ccc(NC(=O)C2CC(=O)N(c3cccc(-c4noc(C5CCC5)n4)c3)C2)cc1. The van der Waals surface area contributed by atoms with Gasteiger partial charge in [-0.2, -0.15) is 4.98 Å². The van der Waals surface area contributed by atoms with Gasteiger partial charge in [-0.05, 0) is 49.2 Å². The van der Waals surface area contributed by atoms with Crippen molar-refractivity contribution >= 4 is 23.2 Å². The number of carbonyl (C=O) groups is 2. The largest absolute Gasteiger partial charge is 0.497 e. The molecule has 2 aliphatic rings. The molecule has 1 saturated heterocycles. The highest BCUT2D eigenvalue weighted by molar-refractivity contribution is 6.03. The predicted molar refractivity (Wildman–Crippen MR) is 118 cm³/mol. The van der Waals surface area contributed by atoms with Crippen molar-refractivity contribution in [3.05, 3.63) is 54.4 Å². The van der Waals surface area contributed by atoms with Crippen LogP contribution < -0.4 is 15.0 Å². The lowest BCUT2D eigenvalue weighted by molar-refractivity contribution is -0.122. The molecule has 8 nitrogen and oxygen atoms in total. The molecular formula is C24H24N4O4. The van der Waals surface area contributed by atoms with Gasteiger partial charge < -0.3 is 19.5 Å². The van der Waals surface area contributed by atoms with Crippen molar-refractivity contribution in [1.29, 1.82) is 0 Å². The molecule has 164 valence electrons. The third kappa shape index (κ3) is 3.95. The number of ether oxygens (including phenoxy) is 1. The average Bonchev–Trinajstić information content (AvgIpc) is 3.40. The van der Waals surface area contributed by atoms with Crippen molar-refractivity contribution < 1.29 is 18.8 Å². The first kappa shape index (κ1) is 20.2. The number of anilines is 2. The van der Waals surface area contributed by atoms with E-state index in [9.17, 15) is 9.59 Å². The number of nitrogens with one attached hydrogen (secondary N) is 1. The summed E-state index contributed by atoms with van der Waals surface area (Å²) in [5, 5.41) is 7.00. The summed E-state index contributed by atoms with van der Waals surface area (Å²) in [5.74, 6) is 1.60. The van der Waals surface area contributed by atoms with Crippen LogP contribution >= 0.6 is 0 Å².